The van der Waals surface area contributed by atoms with Crippen LogP contribution in [0, 0.1) is 0 Å². The summed E-state index contributed by atoms with van der Waals surface area (Å²) >= 11 is 3.49. The summed E-state index contributed by atoms with van der Waals surface area (Å²) in [5.74, 6) is 0. The smallest absolute Gasteiger partial charge is 0.0294 e. The van der Waals surface area contributed by atoms with Crippen LogP contribution in [0.5, 0.6) is 0 Å². The van der Waals surface area contributed by atoms with Crippen LogP contribution in [0.25, 0.3) is 0 Å². The fraction of sp³-hybridized carbons (Fsp3) is 0.500. The minimum Gasteiger partial charge on any atom is -0.308 e. The predicted molar refractivity (Wildman–Crippen MR) is 65.4 cm³/mol. The predicted octanol–water partition coefficient (Wildman–Crippen LogP) is 3.90. The molecule has 1 aromatic rings. The summed E-state index contributed by atoms with van der Waals surface area (Å²) in [4.78, 5) is 0. The number of hydrogen-bond donors (Lipinski definition) is 1. The lowest BCUT2D eigenvalue weighted by atomic mass is 10.1. The van der Waals surface area contributed by atoms with Gasteiger partial charge in [-0.1, -0.05) is 35.0 Å². The number of halogens is 1. The molecule has 0 spiro atoms. The molecule has 0 fully saturated rings. The Balaban J connectivity index is 2.64. The van der Waals surface area contributed by atoms with E-state index in [0.717, 1.165) is 4.47 Å². The van der Waals surface area contributed by atoms with Gasteiger partial charge in [-0.25, -0.2) is 0 Å². The number of rotatable bonds is 4. The van der Waals surface area contributed by atoms with Crippen molar-refractivity contribution in [3.05, 3.63) is 34.3 Å². The third-order valence-electron chi connectivity index (χ3n) is 2.50. The van der Waals surface area contributed by atoms with Gasteiger partial charge >= 0.3 is 0 Å². The monoisotopic (exact) mass is 255 g/mol. The molecule has 0 aromatic heterocycles. The average Bonchev–Trinajstić information content (AvgIpc) is 2.17. The molecule has 0 aliphatic carbocycles. The Kier molecular flexibility index (Phi) is 4.63. The summed E-state index contributed by atoms with van der Waals surface area (Å²) in [6.07, 6.45) is 1.17. The van der Waals surface area contributed by atoms with Gasteiger partial charge in [-0.2, -0.15) is 0 Å². The van der Waals surface area contributed by atoms with E-state index in [1.807, 2.05) is 0 Å². The van der Waals surface area contributed by atoms with Crippen molar-refractivity contribution in [1.29, 1.82) is 0 Å². The molecule has 78 valence electrons. The highest BCUT2D eigenvalue weighted by atomic mass is 79.9. The summed E-state index contributed by atoms with van der Waals surface area (Å²) in [5, 5.41) is 3.55. The van der Waals surface area contributed by atoms with Crippen molar-refractivity contribution >= 4 is 15.9 Å². The number of hydrogen-bond acceptors (Lipinski definition) is 1. The molecule has 2 heteroatoms. The minimum atomic E-state index is 0.419. The van der Waals surface area contributed by atoms with Crippen LogP contribution >= 0.6 is 15.9 Å². The second-order valence-electron chi connectivity index (χ2n) is 3.75. The fourth-order valence-corrected chi connectivity index (χ4v) is 1.83. The van der Waals surface area contributed by atoms with Crippen molar-refractivity contribution in [1.82, 2.24) is 5.32 Å². The summed E-state index contributed by atoms with van der Waals surface area (Å²) in [6, 6.07) is 9.45. The molecule has 0 amide bonds. The normalized spacial score (nSPS) is 15.1. The van der Waals surface area contributed by atoms with Crippen molar-refractivity contribution in [2.75, 3.05) is 0 Å². The standard InChI is InChI=1S/C12H18BrN/c1-4-9(2)14-10(3)11-6-5-7-12(13)8-11/h5-10,14H,4H2,1-3H3/t9-,10-/m0/s1. The van der Waals surface area contributed by atoms with Gasteiger partial charge in [0.1, 0.15) is 0 Å². The van der Waals surface area contributed by atoms with E-state index in [4.69, 9.17) is 0 Å². The number of nitrogens with one attached hydrogen (secondary N) is 1. The highest BCUT2D eigenvalue weighted by Crippen LogP contribution is 2.18. The largest absolute Gasteiger partial charge is 0.308 e. The zero-order chi connectivity index (χ0) is 10.6. The first-order valence-corrected chi connectivity index (χ1v) is 5.94. The van der Waals surface area contributed by atoms with Gasteiger partial charge < -0.3 is 5.32 Å². The number of benzene rings is 1. The first kappa shape index (κ1) is 11.7. The van der Waals surface area contributed by atoms with Gasteiger partial charge in [-0.3, -0.25) is 0 Å². The summed E-state index contributed by atoms with van der Waals surface area (Å²) in [5.41, 5.74) is 1.33. The van der Waals surface area contributed by atoms with E-state index < -0.39 is 0 Å². The molecule has 2 atom stereocenters. The highest BCUT2D eigenvalue weighted by molar-refractivity contribution is 9.10. The molecule has 1 nitrogen and oxygen atoms in total. The Labute approximate surface area is 95.0 Å². The van der Waals surface area contributed by atoms with Crippen LogP contribution in [0.3, 0.4) is 0 Å². The second kappa shape index (κ2) is 5.52. The summed E-state index contributed by atoms with van der Waals surface area (Å²) < 4.78 is 1.15. The van der Waals surface area contributed by atoms with Crippen molar-refractivity contribution in [2.45, 2.75) is 39.3 Å². The highest BCUT2D eigenvalue weighted by Gasteiger charge is 2.07. The Bertz CT molecular complexity index is 285. The Morgan fingerprint density at radius 2 is 2.07 bits per heavy atom. The maximum atomic E-state index is 3.55. The molecule has 0 unspecified atom stereocenters. The molecule has 0 aliphatic rings. The average molecular weight is 256 g/mol. The minimum absolute atomic E-state index is 0.419. The molecular weight excluding hydrogens is 238 g/mol. The quantitative estimate of drug-likeness (QED) is 0.861. The lowest BCUT2D eigenvalue weighted by molar-refractivity contribution is 0.469. The van der Waals surface area contributed by atoms with E-state index in [0.29, 0.717) is 12.1 Å². The van der Waals surface area contributed by atoms with Gasteiger partial charge in [0.25, 0.3) is 0 Å². The van der Waals surface area contributed by atoms with Crippen LogP contribution < -0.4 is 5.32 Å². The molecule has 0 bridgehead atoms. The maximum Gasteiger partial charge on any atom is 0.0294 e. The first-order valence-electron chi connectivity index (χ1n) is 5.15. The van der Waals surface area contributed by atoms with Gasteiger partial charge in [-0.15, -0.1) is 0 Å². The molecule has 1 rings (SSSR count). The molecule has 0 aliphatic heterocycles. The second-order valence-corrected chi connectivity index (χ2v) is 4.67. The van der Waals surface area contributed by atoms with Gasteiger partial charge in [0.05, 0.1) is 0 Å². The van der Waals surface area contributed by atoms with E-state index in [1.54, 1.807) is 0 Å². The van der Waals surface area contributed by atoms with Crippen LogP contribution in [0.4, 0.5) is 0 Å². The van der Waals surface area contributed by atoms with E-state index in [-0.39, 0.29) is 0 Å². The first-order chi connectivity index (χ1) is 6.63. The van der Waals surface area contributed by atoms with Crippen molar-refractivity contribution in [2.24, 2.45) is 0 Å². The lowest BCUT2D eigenvalue weighted by Crippen LogP contribution is -2.28. The topological polar surface area (TPSA) is 12.0 Å². The van der Waals surface area contributed by atoms with Crippen LogP contribution in [0.15, 0.2) is 28.7 Å². The SMILES string of the molecule is CC[C@H](C)N[C@@H](C)c1cccc(Br)c1. The van der Waals surface area contributed by atoms with Gasteiger partial charge in [0, 0.05) is 16.6 Å². The Hall–Kier alpha value is -0.340. The molecule has 0 saturated carbocycles. The van der Waals surface area contributed by atoms with E-state index in [9.17, 15) is 0 Å². The van der Waals surface area contributed by atoms with Gasteiger partial charge in [0.2, 0.25) is 0 Å². The molecule has 14 heavy (non-hydrogen) atoms. The molecule has 1 aromatic carbocycles. The van der Waals surface area contributed by atoms with Gasteiger partial charge in [-0.05, 0) is 38.0 Å². The molecule has 0 heterocycles. The molecule has 0 saturated heterocycles. The van der Waals surface area contributed by atoms with E-state index >= 15 is 0 Å². The van der Waals surface area contributed by atoms with E-state index in [2.05, 4.69) is 66.3 Å². The van der Waals surface area contributed by atoms with E-state index in [1.165, 1.54) is 12.0 Å². The zero-order valence-corrected chi connectivity index (χ0v) is 10.6. The lowest BCUT2D eigenvalue weighted by Gasteiger charge is -2.19. The molecule has 0 radical (unpaired) electrons. The summed E-state index contributed by atoms with van der Waals surface area (Å²) in [7, 11) is 0. The van der Waals surface area contributed by atoms with Crippen LogP contribution in [0.1, 0.15) is 38.8 Å². The third kappa shape index (κ3) is 3.43. The van der Waals surface area contributed by atoms with Crippen LogP contribution in [-0.4, -0.2) is 6.04 Å². The molecule has 1 N–H and O–H groups in total. The molecular formula is C12H18BrN. The van der Waals surface area contributed by atoms with Crippen molar-refractivity contribution in [3.8, 4) is 0 Å². The third-order valence-corrected chi connectivity index (χ3v) is 2.99. The van der Waals surface area contributed by atoms with Crippen molar-refractivity contribution < 1.29 is 0 Å². The fourth-order valence-electron chi connectivity index (χ4n) is 1.42. The Morgan fingerprint density at radius 1 is 1.36 bits per heavy atom. The zero-order valence-electron chi connectivity index (χ0n) is 9.05. The van der Waals surface area contributed by atoms with Crippen molar-refractivity contribution in [3.63, 3.8) is 0 Å². The van der Waals surface area contributed by atoms with Crippen LogP contribution in [0.2, 0.25) is 0 Å². The van der Waals surface area contributed by atoms with Gasteiger partial charge in [0.15, 0.2) is 0 Å². The Morgan fingerprint density at radius 3 is 2.64 bits per heavy atom. The maximum absolute atomic E-state index is 3.55. The summed E-state index contributed by atoms with van der Waals surface area (Å²) in [6.45, 7) is 6.62. The van der Waals surface area contributed by atoms with Crippen LogP contribution in [-0.2, 0) is 0 Å².